The molecule has 1 heterocycles. The highest BCUT2D eigenvalue weighted by atomic mass is 16.2. The Hall–Kier alpha value is -2.05. The van der Waals surface area contributed by atoms with Crippen LogP contribution in [0.4, 0.5) is 5.82 Å². The van der Waals surface area contributed by atoms with Crippen molar-refractivity contribution in [1.82, 2.24) is 20.8 Å². The number of carbonyl (C=O) groups is 2. The fourth-order valence-electron chi connectivity index (χ4n) is 1.27. The molecule has 0 aliphatic carbocycles. The van der Waals surface area contributed by atoms with Crippen LogP contribution in [0.2, 0.25) is 0 Å². The number of carbonyl (C=O) groups excluding carboxylic acids is 2. The Kier molecular flexibility index (Phi) is 4.70. The minimum Gasteiger partial charge on any atom is -0.383 e. The average Bonchev–Trinajstić information content (AvgIpc) is 2.72. The van der Waals surface area contributed by atoms with Gasteiger partial charge in [0.15, 0.2) is 0 Å². The molecule has 0 bridgehead atoms. The zero-order valence-corrected chi connectivity index (χ0v) is 10.8. The first-order valence-corrected chi connectivity index (χ1v) is 5.79. The van der Waals surface area contributed by atoms with E-state index in [9.17, 15) is 9.59 Å². The second-order valence-corrected chi connectivity index (χ2v) is 4.53. The summed E-state index contributed by atoms with van der Waals surface area (Å²) < 4.78 is 0. The van der Waals surface area contributed by atoms with Gasteiger partial charge in [-0.25, -0.2) is 0 Å². The van der Waals surface area contributed by atoms with Gasteiger partial charge in [0.05, 0.1) is 6.20 Å². The molecule has 0 saturated heterocycles. The summed E-state index contributed by atoms with van der Waals surface area (Å²) >= 11 is 0. The van der Waals surface area contributed by atoms with Crippen LogP contribution >= 0.6 is 0 Å². The lowest BCUT2D eigenvalue weighted by Gasteiger charge is -2.14. The maximum Gasteiger partial charge on any atom is 0.257 e. The lowest BCUT2D eigenvalue weighted by atomic mass is 10.2. The third-order valence-corrected chi connectivity index (χ3v) is 2.34. The molecule has 1 aromatic rings. The highest BCUT2D eigenvalue weighted by Crippen LogP contribution is 2.05. The van der Waals surface area contributed by atoms with Crippen LogP contribution in [0.3, 0.4) is 0 Å². The second kappa shape index (κ2) is 6.04. The molecule has 7 heteroatoms. The molecule has 2 amide bonds. The van der Waals surface area contributed by atoms with Crippen molar-refractivity contribution in [1.29, 1.82) is 0 Å². The molecule has 0 aliphatic rings. The van der Waals surface area contributed by atoms with Crippen LogP contribution in [0.15, 0.2) is 6.20 Å². The van der Waals surface area contributed by atoms with E-state index in [-0.39, 0.29) is 17.3 Å². The first kappa shape index (κ1) is 14.0. The van der Waals surface area contributed by atoms with Gasteiger partial charge in [0.1, 0.15) is 17.4 Å². The van der Waals surface area contributed by atoms with Crippen LogP contribution in [-0.2, 0) is 4.79 Å². The van der Waals surface area contributed by atoms with Gasteiger partial charge in [0.25, 0.3) is 5.91 Å². The average molecular weight is 253 g/mol. The lowest BCUT2D eigenvalue weighted by molar-refractivity contribution is -0.122. The molecule has 1 unspecified atom stereocenters. The van der Waals surface area contributed by atoms with Gasteiger partial charge in [-0.05, 0) is 12.8 Å². The number of nitrogens with one attached hydrogen (secondary N) is 3. The molecule has 100 valence electrons. The smallest absolute Gasteiger partial charge is 0.257 e. The van der Waals surface area contributed by atoms with E-state index < -0.39 is 11.9 Å². The van der Waals surface area contributed by atoms with Gasteiger partial charge in [-0.3, -0.25) is 14.7 Å². The first-order chi connectivity index (χ1) is 8.41. The van der Waals surface area contributed by atoms with Crippen molar-refractivity contribution in [2.45, 2.75) is 26.8 Å². The van der Waals surface area contributed by atoms with E-state index in [0.717, 1.165) is 0 Å². The van der Waals surface area contributed by atoms with Crippen LogP contribution in [0.1, 0.15) is 31.1 Å². The number of rotatable bonds is 5. The zero-order chi connectivity index (χ0) is 13.7. The maximum atomic E-state index is 11.7. The number of hydrogen-bond acceptors (Lipinski definition) is 4. The summed E-state index contributed by atoms with van der Waals surface area (Å²) in [5, 5.41) is 11.4. The first-order valence-electron chi connectivity index (χ1n) is 5.79. The molecule has 0 aliphatic heterocycles. The number of nitrogen functional groups attached to an aromatic ring is 1. The third kappa shape index (κ3) is 3.76. The van der Waals surface area contributed by atoms with Crippen LogP contribution in [0.25, 0.3) is 0 Å². The SMILES string of the molecule is CC(C)CNC(=O)C(C)NC(=O)c1cn[nH]c1N. The molecule has 0 fully saturated rings. The summed E-state index contributed by atoms with van der Waals surface area (Å²) in [6.07, 6.45) is 1.32. The Morgan fingerprint density at radius 3 is 2.61 bits per heavy atom. The Morgan fingerprint density at radius 1 is 1.44 bits per heavy atom. The molecular weight excluding hydrogens is 234 g/mol. The zero-order valence-electron chi connectivity index (χ0n) is 10.8. The number of hydrogen-bond donors (Lipinski definition) is 4. The van der Waals surface area contributed by atoms with Crippen molar-refractivity contribution in [3.05, 3.63) is 11.8 Å². The number of anilines is 1. The molecule has 0 spiro atoms. The van der Waals surface area contributed by atoms with Crippen molar-refractivity contribution < 1.29 is 9.59 Å². The predicted molar refractivity (Wildman–Crippen MR) is 67.8 cm³/mol. The van der Waals surface area contributed by atoms with Crippen molar-refractivity contribution in [2.75, 3.05) is 12.3 Å². The Labute approximate surface area is 106 Å². The van der Waals surface area contributed by atoms with Crippen molar-refractivity contribution >= 4 is 17.6 Å². The summed E-state index contributed by atoms with van der Waals surface area (Å²) in [6.45, 7) is 6.18. The van der Waals surface area contributed by atoms with E-state index in [4.69, 9.17) is 5.73 Å². The Balaban J connectivity index is 2.49. The van der Waals surface area contributed by atoms with Gasteiger partial charge in [0.2, 0.25) is 5.91 Å². The van der Waals surface area contributed by atoms with E-state index in [1.807, 2.05) is 13.8 Å². The minimum atomic E-state index is -0.620. The Bertz CT molecular complexity index is 427. The molecule has 7 nitrogen and oxygen atoms in total. The van der Waals surface area contributed by atoms with Crippen LogP contribution < -0.4 is 16.4 Å². The standard InChI is InChI=1S/C11H19N5O2/c1-6(2)4-13-10(17)7(3)15-11(18)8-5-14-16-9(8)12/h5-7H,4H2,1-3H3,(H,13,17)(H,15,18)(H3,12,14,16). The molecule has 1 aromatic heterocycles. The van der Waals surface area contributed by atoms with E-state index in [2.05, 4.69) is 20.8 Å². The maximum absolute atomic E-state index is 11.7. The number of aromatic amines is 1. The Morgan fingerprint density at radius 2 is 2.11 bits per heavy atom. The monoisotopic (exact) mass is 253 g/mol. The molecule has 1 atom stereocenters. The fraction of sp³-hybridized carbons (Fsp3) is 0.545. The van der Waals surface area contributed by atoms with Gasteiger partial charge in [0, 0.05) is 6.54 Å². The number of nitrogens with two attached hydrogens (primary N) is 1. The third-order valence-electron chi connectivity index (χ3n) is 2.34. The van der Waals surface area contributed by atoms with E-state index in [1.54, 1.807) is 6.92 Å². The fourth-order valence-corrected chi connectivity index (χ4v) is 1.27. The van der Waals surface area contributed by atoms with Gasteiger partial charge in [-0.2, -0.15) is 5.10 Å². The molecule has 0 aromatic carbocycles. The van der Waals surface area contributed by atoms with Crippen LogP contribution in [0.5, 0.6) is 0 Å². The number of amides is 2. The summed E-state index contributed by atoms with van der Waals surface area (Å²) in [4.78, 5) is 23.4. The highest BCUT2D eigenvalue weighted by molar-refractivity contribution is 6.00. The molecule has 5 N–H and O–H groups in total. The summed E-state index contributed by atoms with van der Waals surface area (Å²) in [6, 6.07) is -0.620. The molecular formula is C11H19N5O2. The van der Waals surface area contributed by atoms with Gasteiger partial charge in [-0.15, -0.1) is 0 Å². The van der Waals surface area contributed by atoms with E-state index in [1.165, 1.54) is 6.20 Å². The van der Waals surface area contributed by atoms with Crippen LogP contribution in [-0.4, -0.2) is 34.6 Å². The van der Waals surface area contributed by atoms with E-state index in [0.29, 0.717) is 12.5 Å². The largest absolute Gasteiger partial charge is 0.383 e. The van der Waals surface area contributed by atoms with Crippen molar-refractivity contribution in [3.8, 4) is 0 Å². The summed E-state index contributed by atoms with van der Waals surface area (Å²) in [5.74, 6) is -0.101. The molecule has 18 heavy (non-hydrogen) atoms. The van der Waals surface area contributed by atoms with Crippen LogP contribution in [0, 0.1) is 5.92 Å². The topological polar surface area (TPSA) is 113 Å². The minimum absolute atomic E-state index is 0.183. The highest BCUT2D eigenvalue weighted by Gasteiger charge is 2.18. The second-order valence-electron chi connectivity index (χ2n) is 4.53. The molecule has 0 radical (unpaired) electrons. The summed E-state index contributed by atoms with van der Waals surface area (Å²) in [7, 11) is 0. The number of nitrogens with zero attached hydrogens (tertiary/aromatic N) is 1. The lowest BCUT2D eigenvalue weighted by Crippen LogP contribution is -2.45. The summed E-state index contributed by atoms with van der Waals surface area (Å²) in [5.41, 5.74) is 5.75. The van der Waals surface area contributed by atoms with Gasteiger partial charge < -0.3 is 16.4 Å². The van der Waals surface area contributed by atoms with Gasteiger partial charge >= 0.3 is 0 Å². The predicted octanol–water partition coefficient (Wildman–Crippen LogP) is -0.118. The normalized spacial score (nSPS) is 12.2. The number of H-pyrrole nitrogens is 1. The number of aromatic nitrogens is 2. The molecule has 1 rings (SSSR count). The van der Waals surface area contributed by atoms with E-state index >= 15 is 0 Å². The molecule has 0 saturated carbocycles. The van der Waals surface area contributed by atoms with Crippen molar-refractivity contribution in [3.63, 3.8) is 0 Å². The quantitative estimate of drug-likeness (QED) is 0.586. The van der Waals surface area contributed by atoms with Crippen molar-refractivity contribution in [2.24, 2.45) is 5.92 Å². The van der Waals surface area contributed by atoms with Gasteiger partial charge in [-0.1, -0.05) is 13.8 Å².